The molecule has 2 amide bonds. The Labute approximate surface area is 255 Å². The van der Waals surface area contributed by atoms with Crippen LogP contribution in [0.25, 0.3) is 10.9 Å². The first-order valence-electron chi connectivity index (χ1n) is 15.1. The van der Waals surface area contributed by atoms with Gasteiger partial charge in [-0.2, -0.15) is 0 Å². The molecule has 9 nitrogen and oxygen atoms in total. The maximum absolute atomic E-state index is 13.0. The third-order valence-electron chi connectivity index (χ3n) is 7.86. The van der Waals surface area contributed by atoms with Crippen LogP contribution in [0.15, 0.2) is 42.6 Å². The summed E-state index contributed by atoms with van der Waals surface area (Å²) < 4.78 is 11.3. The van der Waals surface area contributed by atoms with Gasteiger partial charge in [0, 0.05) is 43.5 Å². The Morgan fingerprint density at radius 3 is 2.37 bits per heavy atom. The van der Waals surface area contributed by atoms with Crippen molar-refractivity contribution in [3.63, 3.8) is 0 Å². The monoisotopic (exact) mass is 592 g/mol. The van der Waals surface area contributed by atoms with E-state index in [2.05, 4.69) is 25.8 Å². The molecule has 2 heterocycles. The van der Waals surface area contributed by atoms with Crippen molar-refractivity contribution in [2.75, 3.05) is 46.4 Å². The van der Waals surface area contributed by atoms with E-state index in [1.807, 2.05) is 48.2 Å². The topological polar surface area (TPSA) is 118 Å². The number of methoxy groups -OCH3 is 1. The van der Waals surface area contributed by atoms with Crippen LogP contribution in [0.2, 0.25) is 0 Å². The highest BCUT2D eigenvalue weighted by molar-refractivity contribution is 6.09. The van der Waals surface area contributed by atoms with Crippen molar-refractivity contribution in [3.05, 3.63) is 64.8 Å². The zero-order valence-electron chi connectivity index (χ0n) is 26.6. The first kappa shape index (κ1) is 33.8. The molecule has 1 fully saturated rings. The van der Waals surface area contributed by atoms with E-state index < -0.39 is 0 Å². The second kappa shape index (κ2) is 15.7. The number of ketones is 1. The van der Waals surface area contributed by atoms with Crippen molar-refractivity contribution in [2.45, 2.75) is 60.0 Å². The van der Waals surface area contributed by atoms with Gasteiger partial charge < -0.3 is 30.0 Å². The lowest BCUT2D eigenvalue weighted by Crippen LogP contribution is -2.48. The van der Waals surface area contributed by atoms with Crippen LogP contribution in [0.3, 0.4) is 0 Å². The van der Waals surface area contributed by atoms with Crippen LogP contribution in [0.1, 0.15) is 72.9 Å². The van der Waals surface area contributed by atoms with Crippen molar-refractivity contribution in [2.24, 2.45) is 11.1 Å². The van der Waals surface area contributed by atoms with Gasteiger partial charge in [0.15, 0.2) is 5.78 Å². The highest BCUT2D eigenvalue weighted by atomic mass is 16.5. The van der Waals surface area contributed by atoms with Crippen molar-refractivity contribution in [3.8, 4) is 5.75 Å². The summed E-state index contributed by atoms with van der Waals surface area (Å²) in [5, 5.41) is 0.898. The Balaban J connectivity index is 0.000000268. The number of piperazine rings is 1. The maximum Gasteiger partial charge on any atom is 0.254 e. The van der Waals surface area contributed by atoms with Crippen LogP contribution in [0.4, 0.5) is 0 Å². The highest BCUT2D eigenvalue weighted by Crippen LogP contribution is 2.31. The van der Waals surface area contributed by atoms with Crippen LogP contribution in [-0.4, -0.2) is 85.4 Å². The SMILES string of the molecule is CC(CCN)OCC(C)(C)Cc1ccccc1C(=O)N1CCN(C=O)CC1.CCc1ccc(OC)c2c(C(C)=O)c[nH]c12. The Morgan fingerprint density at radius 1 is 1.07 bits per heavy atom. The van der Waals surface area contributed by atoms with E-state index in [1.54, 1.807) is 25.1 Å². The van der Waals surface area contributed by atoms with Gasteiger partial charge in [-0.25, -0.2) is 0 Å². The summed E-state index contributed by atoms with van der Waals surface area (Å²) in [4.78, 5) is 42.1. The molecule has 0 spiro atoms. The number of hydrogen-bond donors (Lipinski definition) is 2. The first-order valence-corrected chi connectivity index (χ1v) is 15.1. The molecule has 0 saturated carbocycles. The fourth-order valence-corrected chi connectivity index (χ4v) is 5.35. The number of H-pyrrole nitrogens is 1. The number of benzene rings is 2. The number of Topliss-reactive ketones (excluding diaryl/α,β-unsaturated/α-hetero) is 1. The van der Waals surface area contributed by atoms with Crippen molar-refractivity contribution in [1.29, 1.82) is 0 Å². The molecule has 2 aromatic carbocycles. The number of rotatable bonds is 12. The molecule has 1 aromatic heterocycles. The molecule has 1 saturated heterocycles. The Bertz CT molecular complexity index is 1370. The minimum Gasteiger partial charge on any atom is -0.496 e. The number of nitrogens with zero attached hydrogens (tertiary/aromatic N) is 2. The molecule has 1 aliphatic heterocycles. The van der Waals surface area contributed by atoms with Crippen molar-refractivity contribution in [1.82, 2.24) is 14.8 Å². The Morgan fingerprint density at radius 2 is 1.77 bits per heavy atom. The predicted octanol–water partition coefficient (Wildman–Crippen LogP) is 4.86. The predicted molar refractivity (Wildman–Crippen MR) is 171 cm³/mol. The number of amides is 2. The molecule has 1 unspecified atom stereocenters. The van der Waals surface area contributed by atoms with E-state index in [0.717, 1.165) is 53.5 Å². The molecule has 234 valence electrons. The molecule has 9 heteroatoms. The molecular weight excluding hydrogens is 544 g/mol. The van der Waals surface area contributed by atoms with Crippen LogP contribution < -0.4 is 10.5 Å². The van der Waals surface area contributed by atoms with Gasteiger partial charge >= 0.3 is 0 Å². The molecule has 4 rings (SSSR count). The van der Waals surface area contributed by atoms with E-state index in [-0.39, 0.29) is 23.2 Å². The molecule has 1 aliphatic rings. The highest BCUT2D eigenvalue weighted by Gasteiger charge is 2.26. The smallest absolute Gasteiger partial charge is 0.254 e. The third kappa shape index (κ3) is 8.91. The minimum atomic E-state index is -0.0878. The molecular formula is C34H48N4O5. The summed E-state index contributed by atoms with van der Waals surface area (Å²) in [6.07, 6.45) is 5.29. The Hall–Kier alpha value is -3.69. The number of ether oxygens (including phenoxy) is 2. The van der Waals surface area contributed by atoms with Crippen LogP contribution in [0.5, 0.6) is 5.75 Å². The number of aromatic nitrogens is 1. The molecule has 0 bridgehead atoms. The summed E-state index contributed by atoms with van der Waals surface area (Å²) in [5.74, 6) is 0.848. The number of nitrogens with two attached hydrogens (primary N) is 1. The van der Waals surface area contributed by atoms with E-state index in [0.29, 0.717) is 44.9 Å². The van der Waals surface area contributed by atoms with Gasteiger partial charge in [0.25, 0.3) is 5.91 Å². The number of aromatic amines is 1. The van der Waals surface area contributed by atoms with Gasteiger partial charge in [-0.1, -0.05) is 45.0 Å². The number of aryl methyl sites for hydroxylation is 1. The first-order chi connectivity index (χ1) is 20.5. The average Bonchev–Trinajstić information content (AvgIpc) is 3.46. The normalized spacial score (nSPS) is 14.2. The largest absolute Gasteiger partial charge is 0.496 e. The molecule has 3 aromatic rings. The number of hydrogen-bond acceptors (Lipinski definition) is 6. The second-order valence-electron chi connectivity index (χ2n) is 11.9. The molecule has 0 radical (unpaired) electrons. The lowest BCUT2D eigenvalue weighted by molar-refractivity contribution is -0.119. The maximum atomic E-state index is 13.0. The minimum absolute atomic E-state index is 0.0457. The summed E-state index contributed by atoms with van der Waals surface area (Å²) >= 11 is 0. The summed E-state index contributed by atoms with van der Waals surface area (Å²) in [7, 11) is 1.62. The van der Waals surface area contributed by atoms with Crippen LogP contribution >= 0.6 is 0 Å². The average molecular weight is 593 g/mol. The molecule has 43 heavy (non-hydrogen) atoms. The van der Waals surface area contributed by atoms with Crippen molar-refractivity contribution < 1.29 is 23.9 Å². The summed E-state index contributed by atoms with van der Waals surface area (Å²) in [5.41, 5.74) is 10.2. The second-order valence-corrected chi connectivity index (χ2v) is 11.9. The zero-order valence-corrected chi connectivity index (χ0v) is 26.6. The van der Waals surface area contributed by atoms with Crippen LogP contribution in [0, 0.1) is 5.41 Å². The van der Waals surface area contributed by atoms with Crippen LogP contribution in [-0.2, 0) is 22.4 Å². The van der Waals surface area contributed by atoms with E-state index >= 15 is 0 Å². The fraction of sp³-hybridized carbons (Fsp3) is 0.500. The fourth-order valence-electron chi connectivity index (χ4n) is 5.35. The van der Waals surface area contributed by atoms with E-state index in [1.165, 1.54) is 5.56 Å². The number of fused-ring (bicyclic) bond motifs is 1. The summed E-state index contributed by atoms with van der Waals surface area (Å²) in [6.45, 7) is 13.6. The molecule has 3 N–H and O–H groups in total. The molecule has 1 atom stereocenters. The van der Waals surface area contributed by atoms with Gasteiger partial charge in [0.1, 0.15) is 5.75 Å². The van der Waals surface area contributed by atoms with Gasteiger partial charge in [0.05, 0.1) is 30.7 Å². The van der Waals surface area contributed by atoms with Gasteiger partial charge in [-0.05, 0) is 68.3 Å². The number of nitrogens with one attached hydrogen (secondary N) is 1. The van der Waals surface area contributed by atoms with E-state index in [4.69, 9.17) is 15.2 Å². The Kier molecular flexibility index (Phi) is 12.3. The van der Waals surface area contributed by atoms with Gasteiger partial charge in [-0.15, -0.1) is 0 Å². The van der Waals surface area contributed by atoms with Crippen molar-refractivity contribution >= 4 is 29.0 Å². The van der Waals surface area contributed by atoms with Gasteiger partial charge in [-0.3, -0.25) is 14.4 Å². The lowest BCUT2D eigenvalue weighted by Gasteiger charge is -2.33. The summed E-state index contributed by atoms with van der Waals surface area (Å²) in [6, 6.07) is 11.8. The number of carbonyl (C=O) groups excluding carboxylic acids is 3. The lowest BCUT2D eigenvalue weighted by atomic mass is 9.84. The quantitative estimate of drug-likeness (QED) is 0.229. The van der Waals surface area contributed by atoms with E-state index in [9.17, 15) is 14.4 Å². The third-order valence-corrected chi connectivity index (χ3v) is 7.86. The number of carbonyl (C=O) groups is 3. The molecule has 0 aliphatic carbocycles. The zero-order chi connectivity index (χ0) is 31.6. The standard InChI is InChI=1S/C21H33N3O3.C13H15NO2/c1-17(8-9-22)27-15-21(2,3)14-18-6-4-5-7-19(18)20(26)24-12-10-23(16-25)11-13-24;1-4-9-5-6-11(16-3)12-10(8(2)15)7-14-13(9)12/h4-7,16-17H,8-15,22H2,1-3H3;5-7,14H,4H2,1-3H3. The van der Waals surface area contributed by atoms with Gasteiger partial charge in [0.2, 0.25) is 6.41 Å².